The number of aryl methyl sites for hydroxylation is 1. The summed E-state index contributed by atoms with van der Waals surface area (Å²) in [5, 5.41) is 8.18. The lowest BCUT2D eigenvalue weighted by Crippen LogP contribution is -2.00. The van der Waals surface area contributed by atoms with Gasteiger partial charge in [-0.3, -0.25) is 0 Å². The van der Waals surface area contributed by atoms with Crippen LogP contribution in [0.15, 0.2) is 6.20 Å². The van der Waals surface area contributed by atoms with E-state index in [1.165, 1.54) is 6.42 Å². The first kappa shape index (κ1) is 10.2. The normalized spacial score (nSPS) is 11.5. The van der Waals surface area contributed by atoms with Gasteiger partial charge < -0.3 is 0 Å². The molecule has 0 bridgehead atoms. The second kappa shape index (κ2) is 4.40. The molecule has 0 spiro atoms. The molecule has 1 aromatic heterocycles. The molecule has 13 heavy (non-hydrogen) atoms. The topological polar surface area (TPSA) is 30.7 Å². The fourth-order valence-corrected chi connectivity index (χ4v) is 1.12. The molecule has 0 aromatic carbocycles. The molecule has 0 atom stereocenters. The zero-order chi connectivity index (χ0) is 9.84. The molecule has 0 amide bonds. The Hall–Kier alpha value is -0.860. The minimum absolute atomic E-state index is 0.417. The Labute approximate surface area is 80.1 Å². The van der Waals surface area contributed by atoms with Crippen LogP contribution in [0.1, 0.15) is 45.9 Å². The third-order valence-electron chi connectivity index (χ3n) is 2.06. The van der Waals surface area contributed by atoms with Gasteiger partial charge in [0.05, 0.1) is 5.69 Å². The van der Waals surface area contributed by atoms with Crippen molar-refractivity contribution >= 4 is 0 Å². The summed E-state index contributed by atoms with van der Waals surface area (Å²) < 4.78 is 1.91. The van der Waals surface area contributed by atoms with Crippen LogP contribution in [0.4, 0.5) is 0 Å². The fourth-order valence-electron chi connectivity index (χ4n) is 1.12. The molecule has 0 saturated carbocycles. The average molecular weight is 181 g/mol. The number of hydrogen-bond donors (Lipinski definition) is 0. The van der Waals surface area contributed by atoms with E-state index in [4.69, 9.17) is 0 Å². The molecule has 0 saturated heterocycles. The van der Waals surface area contributed by atoms with Gasteiger partial charge in [0.1, 0.15) is 0 Å². The standard InChI is InChI=1S/C10H19N3/c1-8(2)5-6-10-7-13(9(3)4)12-11-10/h7-9H,5-6H2,1-4H3. The summed E-state index contributed by atoms with van der Waals surface area (Å²) in [7, 11) is 0. The first-order valence-corrected chi connectivity index (χ1v) is 5.00. The van der Waals surface area contributed by atoms with Crippen molar-refractivity contribution in [3.63, 3.8) is 0 Å². The zero-order valence-corrected chi connectivity index (χ0v) is 8.99. The van der Waals surface area contributed by atoms with Gasteiger partial charge in [0.15, 0.2) is 0 Å². The van der Waals surface area contributed by atoms with Crippen molar-refractivity contribution in [1.29, 1.82) is 0 Å². The van der Waals surface area contributed by atoms with E-state index in [1.807, 2.05) is 10.9 Å². The molecular weight excluding hydrogens is 162 g/mol. The summed E-state index contributed by atoms with van der Waals surface area (Å²) in [6.45, 7) is 8.68. The van der Waals surface area contributed by atoms with Gasteiger partial charge in [-0.2, -0.15) is 0 Å². The largest absolute Gasteiger partial charge is 0.250 e. The lowest BCUT2D eigenvalue weighted by molar-refractivity contribution is 0.514. The molecule has 3 nitrogen and oxygen atoms in total. The number of rotatable bonds is 4. The molecule has 1 rings (SSSR count). The average Bonchev–Trinajstić information content (AvgIpc) is 2.48. The molecule has 0 N–H and O–H groups in total. The van der Waals surface area contributed by atoms with Crippen LogP contribution in [0.5, 0.6) is 0 Å². The maximum absolute atomic E-state index is 4.12. The van der Waals surface area contributed by atoms with Crippen LogP contribution in [0.3, 0.4) is 0 Å². The highest BCUT2D eigenvalue weighted by Gasteiger charge is 2.03. The van der Waals surface area contributed by atoms with Crippen molar-refractivity contribution in [1.82, 2.24) is 15.0 Å². The highest BCUT2D eigenvalue weighted by Crippen LogP contribution is 2.08. The Bertz CT molecular complexity index is 250. The van der Waals surface area contributed by atoms with Crippen LogP contribution in [0.2, 0.25) is 0 Å². The van der Waals surface area contributed by atoms with Gasteiger partial charge in [-0.25, -0.2) is 4.68 Å². The van der Waals surface area contributed by atoms with Crippen molar-refractivity contribution in [3.8, 4) is 0 Å². The van der Waals surface area contributed by atoms with Crippen molar-refractivity contribution in [2.24, 2.45) is 5.92 Å². The molecule has 74 valence electrons. The Balaban J connectivity index is 2.49. The molecule has 0 unspecified atom stereocenters. The first-order chi connectivity index (χ1) is 6.09. The van der Waals surface area contributed by atoms with E-state index >= 15 is 0 Å². The Morgan fingerprint density at radius 2 is 2.00 bits per heavy atom. The molecular formula is C10H19N3. The van der Waals surface area contributed by atoms with E-state index in [2.05, 4.69) is 38.0 Å². The highest BCUT2D eigenvalue weighted by atomic mass is 15.4. The van der Waals surface area contributed by atoms with Gasteiger partial charge in [-0.1, -0.05) is 19.1 Å². The summed E-state index contributed by atoms with van der Waals surface area (Å²) >= 11 is 0. The van der Waals surface area contributed by atoms with E-state index in [9.17, 15) is 0 Å². The van der Waals surface area contributed by atoms with E-state index in [0.29, 0.717) is 6.04 Å². The van der Waals surface area contributed by atoms with E-state index in [-0.39, 0.29) is 0 Å². The maximum Gasteiger partial charge on any atom is 0.0827 e. The van der Waals surface area contributed by atoms with Gasteiger partial charge >= 0.3 is 0 Å². The number of nitrogens with zero attached hydrogens (tertiary/aromatic N) is 3. The second-order valence-electron chi connectivity index (χ2n) is 4.22. The molecule has 0 fully saturated rings. The van der Waals surface area contributed by atoms with Crippen LogP contribution < -0.4 is 0 Å². The molecule has 3 heteroatoms. The van der Waals surface area contributed by atoms with Gasteiger partial charge in [0.2, 0.25) is 0 Å². The van der Waals surface area contributed by atoms with Gasteiger partial charge in [0.25, 0.3) is 0 Å². The molecule has 0 aliphatic rings. The SMILES string of the molecule is CC(C)CCc1cn(C(C)C)nn1. The third kappa shape index (κ3) is 3.17. The summed E-state index contributed by atoms with van der Waals surface area (Å²) in [4.78, 5) is 0. The molecule has 0 radical (unpaired) electrons. The second-order valence-corrected chi connectivity index (χ2v) is 4.22. The third-order valence-corrected chi connectivity index (χ3v) is 2.06. The van der Waals surface area contributed by atoms with Crippen LogP contribution in [0.25, 0.3) is 0 Å². The molecule has 0 aliphatic heterocycles. The van der Waals surface area contributed by atoms with E-state index in [0.717, 1.165) is 18.0 Å². The summed E-state index contributed by atoms with van der Waals surface area (Å²) in [5.74, 6) is 0.740. The summed E-state index contributed by atoms with van der Waals surface area (Å²) in [6.07, 6.45) is 4.29. The van der Waals surface area contributed by atoms with Gasteiger partial charge in [0, 0.05) is 12.2 Å². The van der Waals surface area contributed by atoms with E-state index in [1.54, 1.807) is 0 Å². The monoisotopic (exact) mass is 181 g/mol. The maximum atomic E-state index is 4.12. The predicted molar refractivity (Wildman–Crippen MR) is 53.6 cm³/mol. The predicted octanol–water partition coefficient (Wildman–Crippen LogP) is 2.45. The van der Waals surface area contributed by atoms with Crippen LogP contribution in [0, 0.1) is 5.92 Å². The number of hydrogen-bond acceptors (Lipinski definition) is 2. The first-order valence-electron chi connectivity index (χ1n) is 5.00. The summed E-state index contributed by atoms with van der Waals surface area (Å²) in [6, 6.07) is 0.417. The van der Waals surface area contributed by atoms with Crippen LogP contribution >= 0.6 is 0 Å². The minimum Gasteiger partial charge on any atom is -0.250 e. The smallest absolute Gasteiger partial charge is 0.0827 e. The lowest BCUT2D eigenvalue weighted by atomic mass is 10.1. The highest BCUT2D eigenvalue weighted by molar-refractivity contribution is 4.93. The summed E-state index contributed by atoms with van der Waals surface area (Å²) in [5.41, 5.74) is 1.11. The van der Waals surface area contributed by atoms with Crippen molar-refractivity contribution < 1.29 is 0 Å². The van der Waals surface area contributed by atoms with Crippen LogP contribution in [-0.4, -0.2) is 15.0 Å². The minimum atomic E-state index is 0.417. The van der Waals surface area contributed by atoms with Gasteiger partial charge in [-0.05, 0) is 32.6 Å². The molecule has 1 heterocycles. The van der Waals surface area contributed by atoms with Crippen molar-refractivity contribution in [2.75, 3.05) is 0 Å². The Kier molecular flexibility index (Phi) is 3.46. The Morgan fingerprint density at radius 3 is 2.46 bits per heavy atom. The van der Waals surface area contributed by atoms with Crippen molar-refractivity contribution in [2.45, 2.75) is 46.6 Å². The zero-order valence-electron chi connectivity index (χ0n) is 8.99. The van der Waals surface area contributed by atoms with E-state index < -0.39 is 0 Å². The fraction of sp³-hybridized carbons (Fsp3) is 0.800. The van der Waals surface area contributed by atoms with Crippen molar-refractivity contribution in [3.05, 3.63) is 11.9 Å². The molecule has 0 aliphatic carbocycles. The van der Waals surface area contributed by atoms with Gasteiger partial charge in [-0.15, -0.1) is 5.10 Å². The quantitative estimate of drug-likeness (QED) is 0.714. The van der Waals surface area contributed by atoms with Crippen LogP contribution in [-0.2, 0) is 6.42 Å². The number of aromatic nitrogens is 3. The Morgan fingerprint density at radius 1 is 1.31 bits per heavy atom. The lowest BCUT2D eigenvalue weighted by Gasteiger charge is -2.02. The molecule has 1 aromatic rings.